The highest BCUT2D eigenvalue weighted by Crippen LogP contribution is 2.51. The van der Waals surface area contributed by atoms with Gasteiger partial charge in [0.1, 0.15) is 0 Å². The van der Waals surface area contributed by atoms with Gasteiger partial charge in [-0.25, -0.2) is 0 Å². The largest absolute Gasteiger partial charge is 0.260 e. The lowest BCUT2D eigenvalue weighted by molar-refractivity contribution is 0.395. The van der Waals surface area contributed by atoms with Crippen LogP contribution in [0, 0.1) is 23.7 Å². The van der Waals surface area contributed by atoms with Gasteiger partial charge in [-0.15, -0.1) is 0 Å². The molecule has 3 aliphatic rings. The zero-order valence-corrected chi connectivity index (χ0v) is 7.22. The summed E-state index contributed by atoms with van der Waals surface area (Å²) in [5.74, 6) is 5.19. The molecule has 0 aromatic rings. The van der Waals surface area contributed by atoms with Gasteiger partial charge in [-0.2, -0.15) is 0 Å². The van der Waals surface area contributed by atoms with Crippen molar-refractivity contribution in [1.82, 2.24) is 0 Å². The van der Waals surface area contributed by atoms with Gasteiger partial charge in [-0.05, 0) is 30.1 Å². The minimum Gasteiger partial charge on any atom is -0.260 e. The van der Waals surface area contributed by atoms with E-state index in [9.17, 15) is 4.21 Å². The second-order valence-electron chi connectivity index (χ2n) is 4.05. The summed E-state index contributed by atoms with van der Waals surface area (Å²) in [6.07, 6.45) is 6.08. The van der Waals surface area contributed by atoms with Crippen LogP contribution >= 0.6 is 0 Å². The van der Waals surface area contributed by atoms with Crippen LogP contribution in [0.15, 0.2) is 12.2 Å². The SMILES string of the molecule is O=S1C[C@@H]2[C@H](C1)[C@H]1C=C[C@@H]2C1. The van der Waals surface area contributed by atoms with E-state index in [2.05, 4.69) is 12.2 Å². The highest BCUT2D eigenvalue weighted by molar-refractivity contribution is 7.85. The minimum absolute atomic E-state index is 0.473. The monoisotopic (exact) mass is 168 g/mol. The third kappa shape index (κ3) is 0.738. The van der Waals surface area contributed by atoms with E-state index < -0.39 is 10.8 Å². The molecular formula is C9H12OS. The molecule has 2 aliphatic carbocycles. The molecule has 60 valence electrons. The van der Waals surface area contributed by atoms with Crippen LogP contribution in [0.3, 0.4) is 0 Å². The third-order valence-corrected chi connectivity index (χ3v) is 5.07. The first kappa shape index (κ1) is 6.41. The molecule has 11 heavy (non-hydrogen) atoms. The van der Waals surface area contributed by atoms with E-state index >= 15 is 0 Å². The maximum atomic E-state index is 11.3. The Balaban J connectivity index is 1.97. The Bertz CT molecular complexity index is 224. The molecule has 2 fully saturated rings. The molecule has 2 heteroatoms. The van der Waals surface area contributed by atoms with Crippen molar-refractivity contribution < 1.29 is 4.21 Å². The Morgan fingerprint density at radius 2 is 1.64 bits per heavy atom. The van der Waals surface area contributed by atoms with Gasteiger partial charge in [0, 0.05) is 22.3 Å². The van der Waals surface area contributed by atoms with Gasteiger partial charge in [0.25, 0.3) is 0 Å². The van der Waals surface area contributed by atoms with Crippen molar-refractivity contribution in [2.24, 2.45) is 23.7 Å². The molecule has 0 aromatic carbocycles. The first-order valence-electron chi connectivity index (χ1n) is 4.38. The molecule has 3 rings (SSSR count). The summed E-state index contributed by atoms with van der Waals surface area (Å²) in [6, 6.07) is 0. The number of fused-ring (bicyclic) bond motifs is 5. The predicted octanol–water partition coefficient (Wildman–Crippen LogP) is 1.19. The Morgan fingerprint density at radius 3 is 2.18 bits per heavy atom. The lowest BCUT2D eigenvalue weighted by atomic mass is 9.86. The average Bonchev–Trinajstić information content (AvgIpc) is 2.53. The third-order valence-electron chi connectivity index (χ3n) is 3.56. The molecule has 1 saturated heterocycles. The topological polar surface area (TPSA) is 17.1 Å². The van der Waals surface area contributed by atoms with Crippen LogP contribution in [0.5, 0.6) is 0 Å². The Labute approximate surface area is 69.3 Å². The quantitative estimate of drug-likeness (QED) is 0.496. The van der Waals surface area contributed by atoms with Crippen LogP contribution in [-0.2, 0) is 10.8 Å². The molecule has 1 unspecified atom stereocenters. The molecule has 1 aliphatic heterocycles. The van der Waals surface area contributed by atoms with E-state index in [0.29, 0.717) is 0 Å². The van der Waals surface area contributed by atoms with Crippen LogP contribution in [0.4, 0.5) is 0 Å². The highest BCUT2D eigenvalue weighted by Gasteiger charge is 2.48. The first-order valence-corrected chi connectivity index (χ1v) is 5.87. The van der Waals surface area contributed by atoms with E-state index in [-0.39, 0.29) is 0 Å². The maximum absolute atomic E-state index is 11.3. The lowest BCUT2D eigenvalue weighted by Crippen LogP contribution is -2.16. The standard InChI is InChI=1S/C9H12OS/c10-11-4-8-6-1-2-7(3-6)9(8)5-11/h1-2,6-9H,3-5H2/t6-,7+,8+,9-,11?. The van der Waals surface area contributed by atoms with Gasteiger partial charge in [0.05, 0.1) is 0 Å². The van der Waals surface area contributed by atoms with Crippen LogP contribution in [0.1, 0.15) is 6.42 Å². The molecule has 0 aromatic heterocycles. The molecule has 0 spiro atoms. The number of rotatable bonds is 0. The van der Waals surface area contributed by atoms with Gasteiger partial charge < -0.3 is 0 Å². The number of hydrogen-bond donors (Lipinski definition) is 0. The second kappa shape index (κ2) is 1.98. The Morgan fingerprint density at radius 1 is 1.09 bits per heavy atom. The van der Waals surface area contributed by atoms with Crippen molar-refractivity contribution in [3.8, 4) is 0 Å². The average molecular weight is 168 g/mol. The number of allylic oxidation sites excluding steroid dienone is 2. The normalized spacial score (nSPS) is 58.7. The fourth-order valence-corrected chi connectivity index (χ4v) is 5.00. The summed E-state index contributed by atoms with van der Waals surface area (Å²) in [6.45, 7) is 0. The summed E-state index contributed by atoms with van der Waals surface area (Å²) in [4.78, 5) is 0. The molecule has 0 N–H and O–H groups in total. The van der Waals surface area contributed by atoms with Crippen LogP contribution < -0.4 is 0 Å². The molecule has 1 heterocycles. The molecule has 0 amide bonds. The van der Waals surface area contributed by atoms with Crippen LogP contribution in [0.2, 0.25) is 0 Å². The van der Waals surface area contributed by atoms with E-state index in [0.717, 1.165) is 35.2 Å². The minimum atomic E-state index is -0.473. The predicted molar refractivity (Wildman–Crippen MR) is 45.6 cm³/mol. The van der Waals surface area contributed by atoms with Gasteiger partial charge in [-0.1, -0.05) is 12.2 Å². The summed E-state index contributed by atoms with van der Waals surface area (Å²) in [5.41, 5.74) is 0. The van der Waals surface area contributed by atoms with Crippen molar-refractivity contribution in [1.29, 1.82) is 0 Å². The Hall–Kier alpha value is -0.110. The fraction of sp³-hybridized carbons (Fsp3) is 0.778. The molecular weight excluding hydrogens is 156 g/mol. The first-order chi connectivity index (χ1) is 5.34. The van der Waals surface area contributed by atoms with E-state index in [1.54, 1.807) is 0 Å². The van der Waals surface area contributed by atoms with Crippen molar-refractivity contribution in [3.05, 3.63) is 12.2 Å². The van der Waals surface area contributed by atoms with Gasteiger partial charge in [0.2, 0.25) is 0 Å². The maximum Gasteiger partial charge on any atom is 0.0272 e. The molecule has 5 atom stereocenters. The summed E-state index contributed by atoms with van der Waals surface area (Å²) >= 11 is 0. The van der Waals surface area contributed by atoms with Crippen molar-refractivity contribution in [2.75, 3.05) is 11.5 Å². The summed E-state index contributed by atoms with van der Waals surface area (Å²) < 4.78 is 11.3. The molecule has 0 radical (unpaired) electrons. The highest BCUT2D eigenvalue weighted by atomic mass is 32.2. The van der Waals surface area contributed by atoms with Crippen LogP contribution in [0.25, 0.3) is 0 Å². The van der Waals surface area contributed by atoms with Crippen LogP contribution in [-0.4, -0.2) is 15.7 Å². The Kier molecular flexibility index (Phi) is 1.15. The van der Waals surface area contributed by atoms with Gasteiger partial charge in [0.15, 0.2) is 0 Å². The summed E-state index contributed by atoms with van der Waals surface area (Å²) in [7, 11) is -0.473. The molecule has 1 nitrogen and oxygen atoms in total. The van der Waals surface area contributed by atoms with Crippen molar-refractivity contribution >= 4 is 10.8 Å². The summed E-state index contributed by atoms with van der Waals surface area (Å²) in [5, 5.41) is 0. The van der Waals surface area contributed by atoms with Crippen molar-refractivity contribution in [2.45, 2.75) is 6.42 Å². The fourth-order valence-electron chi connectivity index (χ4n) is 3.02. The number of hydrogen-bond acceptors (Lipinski definition) is 1. The molecule has 2 bridgehead atoms. The zero-order valence-electron chi connectivity index (χ0n) is 6.40. The zero-order chi connectivity index (χ0) is 7.42. The van der Waals surface area contributed by atoms with Crippen molar-refractivity contribution in [3.63, 3.8) is 0 Å². The van der Waals surface area contributed by atoms with E-state index in [1.807, 2.05) is 0 Å². The smallest absolute Gasteiger partial charge is 0.0272 e. The molecule has 1 saturated carbocycles. The van der Waals surface area contributed by atoms with Gasteiger partial charge in [-0.3, -0.25) is 4.21 Å². The van der Waals surface area contributed by atoms with Gasteiger partial charge >= 0.3 is 0 Å². The lowest BCUT2D eigenvalue weighted by Gasteiger charge is -2.17. The van der Waals surface area contributed by atoms with E-state index in [1.165, 1.54) is 6.42 Å². The van der Waals surface area contributed by atoms with E-state index in [4.69, 9.17) is 0 Å². The second-order valence-corrected chi connectivity index (χ2v) is 5.60.